The Hall–Kier alpha value is -1.92. The molecule has 0 aliphatic carbocycles. The third-order valence-corrected chi connectivity index (χ3v) is 3.48. The van der Waals surface area contributed by atoms with Gasteiger partial charge in [0.2, 0.25) is 5.91 Å². The third kappa shape index (κ3) is 4.54. The van der Waals surface area contributed by atoms with Crippen molar-refractivity contribution in [3.63, 3.8) is 0 Å². The van der Waals surface area contributed by atoms with Crippen LogP contribution in [0.2, 0.25) is 0 Å². The first kappa shape index (κ1) is 15.5. The van der Waals surface area contributed by atoms with E-state index in [-0.39, 0.29) is 30.9 Å². The number of rotatable bonds is 5. The van der Waals surface area contributed by atoms with E-state index >= 15 is 0 Å². The Morgan fingerprint density at radius 1 is 1.29 bits per heavy atom. The van der Waals surface area contributed by atoms with Crippen molar-refractivity contribution in [3.8, 4) is 0 Å². The molecule has 1 aliphatic rings. The molecule has 1 aliphatic heterocycles. The van der Waals surface area contributed by atoms with Crippen molar-refractivity contribution in [1.29, 1.82) is 0 Å². The molecule has 1 fully saturated rings. The summed E-state index contributed by atoms with van der Waals surface area (Å²) in [7, 11) is 0. The second-order valence-corrected chi connectivity index (χ2v) is 5.09. The summed E-state index contributed by atoms with van der Waals surface area (Å²) in [6.07, 6.45) is 1.92. The van der Waals surface area contributed by atoms with E-state index in [4.69, 9.17) is 5.11 Å². The van der Waals surface area contributed by atoms with E-state index < -0.39 is 0 Å². The zero-order valence-corrected chi connectivity index (χ0v) is 11.9. The van der Waals surface area contributed by atoms with Gasteiger partial charge in [-0.2, -0.15) is 0 Å². The molecule has 21 heavy (non-hydrogen) atoms. The number of carbonyl (C=O) groups is 2. The molecule has 0 unspecified atom stereocenters. The molecule has 0 bridgehead atoms. The molecule has 6 nitrogen and oxygen atoms in total. The van der Waals surface area contributed by atoms with E-state index in [0.717, 1.165) is 19.4 Å². The lowest BCUT2D eigenvalue weighted by molar-refractivity contribution is -0.120. The van der Waals surface area contributed by atoms with Gasteiger partial charge in [0.05, 0.1) is 12.5 Å². The second kappa shape index (κ2) is 7.75. The minimum absolute atomic E-state index is 0.00581. The number of hydrogen-bond donors (Lipinski definition) is 4. The molecule has 6 heteroatoms. The molecular weight excluding hydrogens is 270 g/mol. The normalized spacial score (nSPS) is 18.0. The van der Waals surface area contributed by atoms with Gasteiger partial charge in [0.25, 0.3) is 5.91 Å². The third-order valence-electron chi connectivity index (χ3n) is 3.48. The number of hydrogen-bond acceptors (Lipinski definition) is 4. The number of anilines is 1. The molecular formula is C15H21N3O3. The van der Waals surface area contributed by atoms with Crippen LogP contribution in [0.3, 0.4) is 0 Å². The van der Waals surface area contributed by atoms with Gasteiger partial charge in [-0.3, -0.25) is 9.59 Å². The van der Waals surface area contributed by atoms with Crippen LogP contribution in [-0.2, 0) is 4.79 Å². The molecule has 4 N–H and O–H groups in total. The van der Waals surface area contributed by atoms with Gasteiger partial charge < -0.3 is 21.1 Å². The van der Waals surface area contributed by atoms with Crippen molar-refractivity contribution in [3.05, 3.63) is 29.8 Å². The molecule has 2 rings (SSSR count). The van der Waals surface area contributed by atoms with Crippen LogP contribution in [0.1, 0.15) is 23.2 Å². The molecule has 0 saturated carbocycles. The first-order chi connectivity index (χ1) is 10.2. The number of carbonyl (C=O) groups excluding carboxylic acids is 2. The van der Waals surface area contributed by atoms with Gasteiger partial charge in [0.15, 0.2) is 0 Å². The molecule has 114 valence electrons. The molecule has 0 radical (unpaired) electrons. The Kier molecular flexibility index (Phi) is 5.71. The summed E-state index contributed by atoms with van der Waals surface area (Å²) in [5.41, 5.74) is 1.19. The van der Waals surface area contributed by atoms with E-state index in [1.165, 1.54) is 0 Å². The standard InChI is InChI=1S/C15H21N3O3/c19-9-8-17-14(20)11-3-5-13(6-4-11)18-15(21)12-2-1-7-16-10-12/h3-6,12,16,19H,1-2,7-10H2,(H,17,20)(H,18,21)/t12-/m0/s1. The number of benzene rings is 1. The highest BCUT2D eigenvalue weighted by Crippen LogP contribution is 2.15. The molecule has 2 amide bonds. The maximum Gasteiger partial charge on any atom is 0.251 e. The highest BCUT2D eigenvalue weighted by atomic mass is 16.3. The topological polar surface area (TPSA) is 90.5 Å². The smallest absolute Gasteiger partial charge is 0.251 e. The van der Waals surface area contributed by atoms with E-state index in [2.05, 4.69) is 16.0 Å². The summed E-state index contributed by atoms with van der Waals surface area (Å²) in [6.45, 7) is 1.83. The summed E-state index contributed by atoms with van der Waals surface area (Å²) >= 11 is 0. The van der Waals surface area contributed by atoms with Gasteiger partial charge in [-0.05, 0) is 43.7 Å². The fourth-order valence-electron chi connectivity index (χ4n) is 2.30. The first-order valence-electron chi connectivity index (χ1n) is 7.21. The summed E-state index contributed by atoms with van der Waals surface area (Å²) in [5, 5.41) is 17.3. The lowest BCUT2D eigenvalue weighted by Crippen LogP contribution is -2.37. The lowest BCUT2D eigenvalue weighted by atomic mass is 9.99. The highest BCUT2D eigenvalue weighted by molar-refractivity contribution is 5.96. The zero-order chi connectivity index (χ0) is 15.1. The van der Waals surface area contributed by atoms with Gasteiger partial charge in [-0.15, -0.1) is 0 Å². The van der Waals surface area contributed by atoms with Gasteiger partial charge >= 0.3 is 0 Å². The Balaban J connectivity index is 1.89. The molecule has 1 aromatic carbocycles. The fraction of sp³-hybridized carbons (Fsp3) is 0.467. The van der Waals surface area contributed by atoms with Crippen LogP contribution < -0.4 is 16.0 Å². The van der Waals surface area contributed by atoms with Crippen LogP contribution in [0.4, 0.5) is 5.69 Å². The molecule has 1 heterocycles. The van der Waals surface area contributed by atoms with Crippen molar-refractivity contribution in [1.82, 2.24) is 10.6 Å². The number of piperidine rings is 1. The van der Waals surface area contributed by atoms with Gasteiger partial charge in [-0.1, -0.05) is 0 Å². The van der Waals surface area contributed by atoms with Crippen LogP contribution in [0.5, 0.6) is 0 Å². The van der Waals surface area contributed by atoms with E-state index in [9.17, 15) is 9.59 Å². The largest absolute Gasteiger partial charge is 0.395 e. The Labute approximate surface area is 123 Å². The van der Waals surface area contributed by atoms with E-state index in [0.29, 0.717) is 17.8 Å². The molecule has 1 saturated heterocycles. The van der Waals surface area contributed by atoms with Crippen LogP contribution >= 0.6 is 0 Å². The average Bonchev–Trinajstić information content (AvgIpc) is 2.54. The first-order valence-corrected chi connectivity index (χ1v) is 7.21. The highest BCUT2D eigenvalue weighted by Gasteiger charge is 2.20. The average molecular weight is 291 g/mol. The maximum absolute atomic E-state index is 12.1. The fourth-order valence-corrected chi connectivity index (χ4v) is 2.30. The summed E-state index contributed by atoms with van der Waals surface area (Å²) < 4.78 is 0. The lowest BCUT2D eigenvalue weighted by Gasteiger charge is -2.21. The van der Waals surface area contributed by atoms with Crippen molar-refractivity contribution in [2.45, 2.75) is 12.8 Å². The number of aliphatic hydroxyl groups excluding tert-OH is 1. The SMILES string of the molecule is O=C(NCCO)c1ccc(NC(=O)[C@H]2CCCNC2)cc1. The van der Waals surface area contributed by atoms with Gasteiger partial charge in [-0.25, -0.2) is 0 Å². The Bertz CT molecular complexity index is 481. The maximum atomic E-state index is 12.1. The van der Waals surface area contributed by atoms with Crippen molar-refractivity contribution >= 4 is 17.5 Å². The Morgan fingerprint density at radius 3 is 2.67 bits per heavy atom. The van der Waals surface area contributed by atoms with Crippen LogP contribution in [0.15, 0.2) is 24.3 Å². The quantitative estimate of drug-likeness (QED) is 0.630. The number of nitrogens with one attached hydrogen (secondary N) is 3. The van der Waals surface area contributed by atoms with Crippen molar-refractivity contribution in [2.24, 2.45) is 5.92 Å². The van der Waals surface area contributed by atoms with E-state index in [1.54, 1.807) is 24.3 Å². The molecule has 0 aromatic heterocycles. The minimum Gasteiger partial charge on any atom is -0.395 e. The second-order valence-electron chi connectivity index (χ2n) is 5.09. The minimum atomic E-state index is -0.238. The molecule has 1 aromatic rings. The number of aliphatic hydroxyl groups is 1. The number of amides is 2. The summed E-state index contributed by atoms with van der Waals surface area (Å²) in [4.78, 5) is 23.7. The predicted molar refractivity (Wildman–Crippen MR) is 80.1 cm³/mol. The van der Waals surface area contributed by atoms with Crippen LogP contribution in [-0.4, -0.2) is 43.2 Å². The zero-order valence-electron chi connectivity index (χ0n) is 11.9. The predicted octanol–water partition coefficient (Wildman–Crippen LogP) is 0.347. The van der Waals surface area contributed by atoms with Crippen molar-refractivity contribution in [2.75, 3.05) is 31.6 Å². The van der Waals surface area contributed by atoms with E-state index in [1.807, 2.05) is 0 Å². The Morgan fingerprint density at radius 2 is 2.05 bits per heavy atom. The monoisotopic (exact) mass is 291 g/mol. The van der Waals surface area contributed by atoms with Crippen LogP contribution in [0, 0.1) is 5.92 Å². The van der Waals surface area contributed by atoms with Crippen LogP contribution in [0.25, 0.3) is 0 Å². The summed E-state index contributed by atoms with van der Waals surface area (Å²) in [6, 6.07) is 6.73. The van der Waals surface area contributed by atoms with Gasteiger partial charge in [0, 0.05) is 24.3 Å². The van der Waals surface area contributed by atoms with Gasteiger partial charge in [0.1, 0.15) is 0 Å². The molecule has 1 atom stereocenters. The molecule has 0 spiro atoms. The summed E-state index contributed by atoms with van der Waals surface area (Å²) in [5.74, 6) is -0.218. The van der Waals surface area contributed by atoms with Crippen molar-refractivity contribution < 1.29 is 14.7 Å².